The molecule has 1 aliphatic rings. The molecule has 0 spiro atoms. The first-order chi connectivity index (χ1) is 14.1. The Morgan fingerprint density at radius 3 is 2.37 bits per heavy atom. The molecule has 11 heteroatoms. The number of sulfonamides is 1. The molecular formula is C19H18F3N3O4S. The molecule has 1 fully saturated rings. The third-order valence-electron chi connectivity index (χ3n) is 4.48. The zero-order chi connectivity index (χ0) is 21.9. The Hall–Kier alpha value is -2.84. The summed E-state index contributed by atoms with van der Waals surface area (Å²) in [7, 11) is -4.13. The van der Waals surface area contributed by atoms with Gasteiger partial charge in [-0.3, -0.25) is 4.79 Å². The number of hydrogen-bond acceptors (Lipinski definition) is 5. The fraction of sp³-hybridized carbons (Fsp3) is 0.368. The largest absolute Gasteiger partial charge is 0.467 e. The Labute approximate surface area is 171 Å². The van der Waals surface area contributed by atoms with Gasteiger partial charge in [-0.2, -0.15) is 22.7 Å². The van der Waals surface area contributed by atoms with Crippen molar-refractivity contribution in [2.24, 2.45) is 0 Å². The minimum Gasteiger partial charge on any atom is -0.467 e. The van der Waals surface area contributed by atoms with Gasteiger partial charge in [-0.15, -0.1) is 0 Å². The topological polar surface area (TPSA) is 94.6 Å². The summed E-state index contributed by atoms with van der Waals surface area (Å²) in [4.78, 5) is 13.1. The molecule has 1 aliphatic carbocycles. The molecule has 2 aromatic rings. The number of hydrogen-bond donors (Lipinski definition) is 0. The molecule has 7 nitrogen and oxygen atoms in total. The van der Waals surface area contributed by atoms with E-state index >= 15 is 0 Å². The molecule has 0 N–H and O–H groups in total. The van der Waals surface area contributed by atoms with Gasteiger partial charge in [-0.25, -0.2) is 8.42 Å². The van der Waals surface area contributed by atoms with Crippen LogP contribution in [-0.2, 0) is 21.4 Å². The summed E-state index contributed by atoms with van der Waals surface area (Å²) >= 11 is 0. The third-order valence-corrected chi connectivity index (χ3v) is 6.40. The molecule has 30 heavy (non-hydrogen) atoms. The van der Waals surface area contributed by atoms with E-state index in [0.29, 0.717) is 17.7 Å². The van der Waals surface area contributed by atoms with Crippen molar-refractivity contribution in [2.75, 3.05) is 13.1 Å². The molecule has 160 valence electrons. The molecule has 0 aliphatic heterocycles. The lowest BCUT2D eigenvalue weighted by Crippen LogP contribution is -2.46. The Balaban J connectivity index is 1.82. The Morgan fingerprint density at radius 1 is 1.20 bits per heavy atom. The summed E-state index contributed by atoms with van der Waals surface area (Å²) < 4.78 is 70.9. The number of halogens is 3. The molecule has 0 saturated heterocycles. The predicted molar refractivity (Wildman–Crippen MR) is 98.3 cm³/mol. The lowest BCUT2D eigenvalue weighted by Gasteiger charge is -2.27. The molecule has 1 saturated carbocycles. The maximum atomic E-state index is 13.0. The van der Waals surface area contributed by atoms with Gasteiger partial charge in [0.1, 0.15) is 12.3 Å². The number of benzene rings is 1. The van der Waals surface area contributed by atoms with Crippen molar-refractivity contribution in [3.8, 4) is 6.07 Å². The van der Waals surface area contributed by atoms with E-state index in [2.05, 4.69) is 0 Å². The minimum absolute atomic E-state index is 0.130. The quantitative estimate of drug-likeness (QED) is 0.628. The number of nitriles is 1. The highest BCUT2D eigenvalue weighted by molar-refractivity contribution is 7.89. The lowest BCUT2D eigenvalue weighted by atomic mass is 10.2. The van der Waals surface area contributed by atoms with Gasteiger partial charge in [0.15, 0.2) is 0 Å². The van der Waals surface area contributed by atoms with E-state index in [-0.39, 0.29) is 16.2 Å². The fourth-order valence-corrected chi connectivity index (χ4v) is 4.52. The first kappa shape index (κ1) is 21.9. The second-order valence-corrected chi connectivity index (χ2v) is 8.75. The van der Waals surface area contributed by atoms with Crippen LogP contribution in [0, 0.1) is 11.3 Å². The lowest BCUT2D eigenvalue weighted by molar-refractivity contribution is -0.163. The number of rotatable bonds is 8. The summed E-state index contributed by atoms with van der Waals surface area (Å²) in [5.74, 6) is -0.826. The van der Waals surface area contributed by atoms with Gasteiger partial charge >= 0.3 is 6.18 Å². The van der Waals surface area contributed by atoms with Gasteiger partial charge in [0.2, 0.25) is 15.9 Å². The molecule has 0 unspecified atom stereocenters. The number of carbonyl (C=O) groups is 1. The van der Waals surface area contributed by atoms with Crippen LogP contribution >= 0.6 is 0 Å². The molecule has 1 aromatic carbocycles. The van der Waals surface area contributed by atoms with E-state index in [1.165, 1.54) is 42.7 Å². The number of carbonyl (C=O) groups excluding carboxylic acids is 1. The van der Waals surface area contributed by atoms with Crippen LogP contribution in [0.5, 0.6) is 0 Å². The average molecular weight is 441 g/mol. The van der Waals surface area contributed by atoms with Gasteiger partial charge in [0.25, 0.3) is 0 Å². The van der Waals surface area contributed by atoms with E-state index < -0.39 is 47.8 Å². The van der Waals surface area contributed by atoms with Crippen LogP contribution in [0.4, 0.5) is 13.2 Å². The highest BCUT2D eigenvalue weighted by Crippen LogP contribution is 2.32. The Morgan fingerprint density at radius 2 is 1.87 bits per heavy atom. The number of nitrogens with zero attached hydrogens (tertiary/aromatic N) is 3. The zero-order valence-electron chi connectivity index (χ0n) is 15.7. The summed E-state index contributed by atoms with van der Waals surface area (Å²) in [6.45, 7) is -2.67. The predicted octanol–water partition coefficient (Wildman–Crippen LogP) is 2.90. The fourth-order valence-electron chi connectivity index (χ4n) is 2.88. The SMILES string of the molecule is N#Cc1ccc(S(=O)(=O)N(CC(=O)N(Cc2ccco2)CC(F)(F)F)C2CC2)cc1. The first-order valence-corrected chi connectivity index (χ1v) is 10.4. The summed E-state index contributed by atoms with van der Waals surface area (Å²) in [5, 5.41) is 8.86. The van der Waals surface area contributed by atoms with Gasteiger partial charge in [-0.1, -0.05) is 0 Å². The summed E-state index contributed by atoms with van der Waals surface area (Å²) in [5.41, 5.74) is 0.262. The van der Waals surface area contributed by atoms with Crippen molar-refractivity contribution in [3.05, 3.63) is 54.0 Å². The maximum absolute atomic E-state index is 13.0. The molecule has 0 bridgehead atoms. The Kier molecular flexibility index (Phi) is 6.19. The second-order valence-electron chi connectivity index (χ2n) is 6.86. The van der Waals surface area contributed by atoms with Crippen LogP contribution in [0.2, 0.25) is 0 Å². The second kappa shape index (κ2) is 8.49. The zero-order valence-corrected chi connectivity index (χ0v) is 16.5. The van der Waals surface area contributed by atoms with E-state index in [1.54, 1.807) is 0 Å². The van der Waals surface area contributed by atoms with Gasteiger partial charge in [0, 0.05) is 6.04 Å². The third kappa shape index (κ3) is 5.40. The molecule has 1 amide bonds. The first-order valence-electron chi connectivity index (χ1n) is 8.99. The van der Waals surface area contributed by atoms with Gasteiger partial charge in [-0.05, 0) is 49.2 Å². The van der Waals surface area contributed by atoms with Crippen LogP contribution in [0.15, 0.2) is 52.0 Å². The van der Waals surface area contributed by atoms with Gasteiger partial charge < -0.3 is 9.32 Å². The average Bonchev–Trinajstić information content (AvgIpc) is 3.39. The van der Waals surface area contributed by atoms with Crippen molar-refractivity contribution < 1.29 is 30.8 Å². The molecular weight excluding hydrogens is 423 g/mol. The molecule has 1 aromatic heterocycles. The normalized spacial score (nSPS) is 14.5. The smallest absolute Gasteiger partial charge is 0.406 e. The van der Waals surface area contributed by atoms with E-state index in [4.69, 9.17) is 9.68 Å². The number of furan rings is 1. The monoisotopic (exact) mass is 441 g/mol. The van der Waals surface area contributed by atoms with Crippen LogP contribution < -0.4 is 0 Å². The molecule has 3 rings (SSSR count). The van der Waals surface area contributed by atoms with E-state index in [0.717, 1.165) is 4.31 Å². The van der Waals surface area contributed by atoms with Crippen molar-refractivity contribution in [1.82, 2.24) is 9.21 Å². The van der Waals surface area contributed by atoms with Crippen LogP contribution in [-0.4, -0.2) is 48.8 Å². The minimum atomic E-state index is -4.65. The summed E-state index contributed by atoms with van der Waals surface area (Å²) in [6.07, 6.45) is -2.35. The standard InChI is InChI=1S/C19H18F3N3O4S/c20-19(21,22)13-24(11-16-2-1-9-29-16)18(26)12-25(15-5-6-15)30(27,28)17-7-3-14(10-23)4-8-17/h1-4,7-9,15H,5-6,11-13H2. The van der Waals surface area contributed by atoms with Crippen molar-refractivity contribution >= 4 is 15.9 Å². The van der Waals surface area contributed by atoms with Crippen LogP contribution in [0.1, 0.15) is 24.2 Å². The van der Waals surface area contributed by atoms with Crippen LogP contribution in [0.3, 0.4) is 0 Å². The van der Waals surface area contributed by atoms with Crippen molar-refractivity contribution in [2.45, 2.75) is 36.5 Å². The highest BCUT2D eigenvalue weighted by Gasteiger charge is 2.41. The molecule has 1 heterocycles. The van der Waals surface area contributed by atoms with Crippen molar-refractivity contribution in [1.29, 1.82) is 5.26 Å². The number of amides is 1. The summed E-state index contributed by atoms with van der Waals surface area (Å²) in [6, 6.07) is 9.47. The maximum Gasteiger partial charge on any atom is 0.406 e. The van der Waals surface area contributed by atoms with E-state index in [9.17, 15) is 26.4 Å². The Bertz CT molecular complexity index is 1020. The number of alkyl halides is 3. The van der Waals surface area contributed by atoms with Gasteiger partial charge in [0.05, 0.1) is 35.9 Å². The molecule has 0 atom stereocenters. The molecule has 0 radical (unpaired) electrons. The van der Waals surface area contributed by atoms with Crippen molar-refractivity contribution in [3.63, 3.8) is 0 Å². The van der Waals surface area contributed by atoms with Crippen LogP contribution in [0.25, 0.3) is 0 Å². The highest BCUT2D eigenvalue weighted by atomic mass is 32.2. The van der Waals surface area contributed by atoms with E-state index in [1.807, 2.05) is 6.07 Å².